The average molecular weight is 414 g/mol. The van der Waals surface area contributed by atoms with Gasteiger partial charge in [-0.1, -0.05) is 48.5 Å². The van der Waals surface area contributed by atoms with Crippen LogP contribution < -0.4 is 0 Å². The molecule has 0 spiro atoms. The molecule has 1 aliphatic heterocycles. The second-order valence-electron chi connectivity index (χ2n) is 7.67. The number of hydrogen-bond donors (Lipinski definition) is 2. The fourth-order valence-corrected chi connectivity index (χ4v) is 4.09. The summed E-state index contributed by atoms with van der Waals surface area (Å²) in [5.41, 5.74) is 3.20. The molecule has 0 radical (unpaired) electrons. The summed E-state index contributed by atoms with van der Waals surface area (Å²) in [5.74, 6) is 0.0957. The van der Waals surface area contributed by atoms with E-state index in [9.17, 15) is 9.90 Å². The Labute approximate surface area is 177 Å². The lowest BCUT2D eigenvalue weighted by atomic mass is 10.0. The van der Waals surface area contributed by atoms with Gasteiger partial charge in [-0.2, -0.15) is 0 Å². The highest BCUT2D eigenvalue weighted by Gasteiger charge is 2.28. The molecule has 6 heteroatoms. The Morgan fingerprint density at radius 1 is 1.21 bits per heavy atom. The Bertz CT molecular complexity index is 943. The molecule has 2 atom stereocenters. The van der Waals surface area contributed by atoms with Crippen LogP contribution in [-0.4, -0.2) is 58.6 Å². The summed E-state index contributed by atoms with van der Waals surface area (Å²) in [6.45, 7) is 2.28. The third-order valence-electron chi connectivity index (χ3n) is 5.74. The van der Waals surface area contributed by atoms with Crippen LogP contribution in [0.3, 0.4) is 0 Å². The molecule has 0 bridgehead atoms. The number of fused-ring (bicyclic) bond motifs is 1. The maximum atomic E-state index is 13.2. The monoisotopic (exact) mass is 413 g/mol. The van der Waals surface area contributed by atoms with Gasteiger partial charge in [-0.05, 0) is 23.6 Å². The van der Waals surface area contributed by atoms with Gasteiger partial charge in [0, 0.05) is 43.8 Å². The fourth-order valence-electron chi connectivity index (χ4n) is 4.09. The predicted molar refractivity (Wildman–Crippen MR) is 118 cm³/mol. The van der Waals surface area contributed by atoms with Crippen molar-refractivity contribution >= 4 is 29.2 Å². The van der Waals surface area contributed by atoms with Gasteiger partial charge in [0.2, 0.25) is 5.91 Å². The molecule has 0 aliphatic carbocycles. The van der Waals surface area contributed by atoms with Gasteiger partial charge in [-0.3, -0.25) is 9.69 Å². The number of β-amino-alcohol motifs (C(OH)–C–C–N with tert-alkyl or cyclic N) is 1. The number of aliphatic hydroxyl groups excluding tert-OH is 1. The quantitative estimate of drug-likeness (QED) is 0.651. The van der Waals surface area contributed by atoms with E-state index >= 15 is 0 Å². The number of carbonyl (C=O) groups is 1. The van der Waals surface area contributed by atoms with Crippen LogP contribution in [0, 0.1) is 0 Å². The third-order valence-corrected chi connectivity index (χ3v) is 5.74. The van der Waals surface area contributed by atoms with Crippen molar-refractivity contribution in [1.29, 1.82) is 0 Å². The first-order valence-electron chi connectivity index (χ1n) is 9.88. The van der Waals surface area contributed by atoms with Crippen LogP contribution in [0.4, 0.5) is 0 Å². The van der Waals surface area contributed by atoms with E-state index in [-0.39, 0.29) is 30.5 Å². The lowest BCUT2D eigenvalue weighted by Gasteiger charge is -2.32. The van der Waals surface area contributed by atoms with Crippen LogP contribution in [0.5, 0.6) is 0 Å². The zero-order valence-corrected chi connectivity index (χ0v) is 17.4. The number of nitrogens with zero attached hydrogens (tertiary/aromatic N) is 2. The number of likely N-dealkylation sites (N-methyl/N-ethyl adjacent to an activating group) is 1. The molecule has 0 unspecified atom stereocenters. The topological polar surface area (TPSA) is 59.6 Å². The average Bonchev–Trinajstić information content (AvgIpc) is 3.32. The molecule has 1 aromatic heterocycles. The van der Waals surface area contributed by atoms with Gasteiger partial charge in [0.05, 0.1) is 18.6 Å². The van der Waals surface area contributed by atoms with Crippen LogP contribution in [0.2, 0.25) is 0 Å². The van der Waals surface area contributed by atoms with Gasteiger partial charge in [0.15, 0.2) is 0 Å². The first-order valence-corrected chi connectivity index (χ1v) is 9.88. The van der Waals surface area contributed by atoms with Crippen LogP contribution >= 0.6 is 12.4 Å². The van der Waals surface area contributed by atoms with Crippen molar-refractivity contribution in [2.24, 2.45) is 0 Å². The Kier molecular flexibility index (Phi) is 6.96. The maximum Gasteiger partial charge on any atom is 0.227 e. The van der Waals surface area contributed by atoms with Crippen molar-refractivity contribution in [3.8, 4) is 0 Å². The number of para-hydroxylation sites is 1. The van der Waals surface area contributed by atoms with Crippen molar-refractivity contribution in [2.45, 2.75) is 25.0 Å². The SMILES string of the molecule is CN(C(=O)Cc1c[nH]c2ccccc12)[C@H](CN1CC[C@H](O)C1)c1ccccc1.Cl. The minimum atomic E-state index is -0.261. The molecule has 1 aliphatic rings. The summed E-state index contributed by atoms with van der Waals surface area (Å²) in [7, 11) is 1.89. The normalized spacial score (nSPS) is 17.8. The molecule has 1 saturated heterocycles. The molecule has 4 rings (SSSR count). The van der Waals surface area contributed by atoms with Crippen molar-refractivity contribution in [1.82, 2.24) is 14.8 Å². The standard InChI is InChI=1S/C23H27N3O2.ClH/c1-25(23(28)13-18-14-24-21-10-6-5-9-20(18)21)22(17-7-3-2-4-8-17)16-26-12-11-19(27)15-26;/h2-10,14,19,22,24,27H,11-13,15-16H2,1H3;1H/t19-,22+;/m0./s1. The number of nitrogens with one attached hydrogen (secondary N) is 1. The third kappa shape index (κ3) is 4.81. The number of benzene rings is 2. The van der Waals surface area contributed by atoms with Crippen LogP contribution in [-0.2, 0) is 11.2 Å². The van der Waals surface area contributed by atoms with Crippen LogP contribution in [0.15, 0.2) is 60.8 Å². The van der Waals surface area contributed by atoms with Crippen LogP contribution in [0.25, 0.3) is 10.9 Å². The van der Waals surface area contributed by atoms with Crippen molar-refractivity contribution < 1.29 is 9.90 Å². The Morgan fingerprint density at radius 3 is 2.66 bits per heavy atom. The lowest BCUT2D eigenvalue weighted by molar-refractivity contribution is -0.131. The highest BCUT2D eigenvalue weighted by atomic mass is 35.5. The van der Waals surface area contributed by atoms with Gasteiger partial charge in [-0.15, -0.1) is 12.4 Å². The Hall–Kier alpha value is -2.34. The van der Waals surface area contributed by atoms with Crippen molar-refractivity contribution in [2.75, 3.05) is 26.7 Å². The summed E-state index contributed by atoms with van der Waals surface area (Å²) in [5, 5.41) is 11.0. The number of hydrogen-bond acceptors (Lipinski definition) is 3. The highest BCUT2D eigenvalue weighted by Crippen LogP contribution is 2.25. The summed E-state index contributed by atoms with van der Waals surface area (Å²) in [4.78, 5) is 20.5. The zero-order valence-electron chi connectivity index (χ0n) is 16.6. The van der Waals surface area contributed by atoms with Gasteiger partial charge < -0.3 is 15.0 Å². The molecule has 154 valence electrons. The van der Waals surface area contributed by atoms with Crippen LogP contribution in [0.1, 0.15) is 23.6 Å². The van der Waals surface area contributed by atoms with E-state index in [1.54, 1.807) is 0 Å². The molecule has 3 aromatic rings. The largest absolute Gasteiger partial charge is 0.392 e. The molecule has 29 heavy (non-hydrogen) atoms. The molecule has 1 fully saturated rings. The molecule has 2 heterocycles. The number of aliphatic hydroxyl groups is 1. The minimum absolute atomic E-state index is 0. The zero-order chi connectivity index (χ0) is 19.5. The maximum absolute atomic E-state index is 13.2. The summed E-state index contributed by atoms with van der Waals surface area (Å²) in [6, 6.07) is 18.2. The second-order valence-corrected chi connectivity index (χ2v) is 7.67. The summed E-state index contributed by atoms with van der Waals surface area (Å²) in [6.07, 6.45) is 2.84. The molecule has 2 N–H and O–H groups in total. The highest BCUT2D eigenvalue weighted by molar-refractivity contribution is 5.89. The second kappa shape index (κ2) is 9.44. The Morgan fingerprint density at radius 2 is 1.93 bits per heavy atom. The smallest absolute Gasteiger partial charge is 0.227 e. The minimum Gasteiger partial charge on any atom is -0.392 e. The number of amides is 1. The van der Waals surface area contributed by atoms with E-state index in [1.165, 1.54) is 0 Å². The van der Waals surface area contributed by atoms with Gasteiger partial charge in [-0.25, -0.2) is 0 Å². The molecular weight excluding hydrogens is 386 g/mol. The number of rotatable bonds is 6. The van der Waals surface area contributed by atoms with E-state index < -0.39 is 0 Å². The van der Waals surface area contributed by atoms with Gasteiger partial charge in [0.25, 0.3) is 0 Å². The first kappa shape index (κ1) is 21.4. The number of H-pyrrole nitrogens is 1. The van der Waals surface area contributed by atoms with Crippen molar-refractivity contribution in [3.05, 3.63) is 71.9 Å². The molecular formula is C23H28ClN3O2. The number of aromatic amines is 1. The van der Waals surface area contributed by atoms with E-state index in [4.69, 9.17) is 0 Å². The Balaban J connectivity index is 0.00000240. The fraction of sp³-hybridized carbons (Fsp3) is 0.348. The van der Waals surface area contributed by atoms with Gasteiger partial charge >= 0.3 is 0 Å². The molecule has 2 aromatic carbocycles. The van der Waals surface area contributed by atoms with E-state index in [0.717, 1.165) is 41.5 Å². The summed E-state index contributed by atoms with van der Waals surface area (Å²) >= 11 is 0. The predicted octanol–water partition coefficient (Wildman–Crippen LogP) is 3.40. The number of carbonyl (C=O) groups excluding carboxylic acids is 1. The van der Waals surface area contributed by atoms with Crippen molar-refractivity contribution in [3.63, 3.8) is 0 Å². The van der Waals surface area contributed by atoms with Gasteiger partial charge in [0.1, 0.15) is 0 Å². The molecule has 5 nitrogen and oxygen atoms in total. The number of halogens is 1. The lowest BCUT2D eigenvalue weighted by Crippen LogP contribution is -2.39. The molecule has 1 amide bonds. The summed E-state index contributed by atoms with van der Waals surface area (Å²) < 4.78 is 0. The van der Waals surface area contributed by atoms with E-state index in [1.807, 2.05) is 54.5 Å². The van der Waals surface area contributed by atoms with E-state index in [0.29, 0.717) is 13.0 Å². The number of likely N-dealkylation sites (tertiary alicyclic amines) is 1. The first-order chi connectivity index (χ1) is 13.6. The number of aromatic nitrogens is 1. The van der Waals surface area contributed by atoms with E-state index in [2.05, 4.69) is 28.1 Å². The molecule has 0 saturated carbocycles.